The van der Waals surface area contributed by atoms with Crippen LogP contribution in [0.1, 0.15) is 22.7 Å². The number of carbonyl (C=O) groups excluding carboxylic acids is 1. The standard InChI is InChI=1S/C16H14F4N2O3S/c17-10-3-1-9(2-4-10)5-14-21-11(8-26-14)6-13(23)22-12(15(24)25)7-16(18,19)20/h1-4,8,12H,5-7H2,(H,22,23)(H,24,25). The molecule has 1 amide bonds. The molecule has 10 heteroatoms. The summed E-state index contributed by atoms with van der Waals surface area (Å²) in [6.07, 6.45) is -6.28. The molecule has 0 aliphatic carbocycles. The summed E-state index contributed by atoms with van der Waals surface area (Å²) in [7, 11) is 0. The predicted octanol–water partition coefficient (Wildman–Crippen LogP) is 2.94. The van der Waals surface area contributed by atoms with Crippen LogP contribution in [0.5, 0.6) is 0 Å². The molecule has 0 saturated carbocycles. The van der Waals surface area contributed by atoms with Gasteiger partial charge in [0, 0.05) is 11.8 Å². The summed E-state index contributed by atoms with van der Waals surface area (Å²) in [4.78, 5) is 26.8. The van der Waals surface area contributed by atoms with E-state index in [4.69, 9.17) is 5.11 Å². The normalized spacial score (nSPS) is 12.6. The van der Waals surface area contributed by atoms with Gasteiger partial charge in [-0.25, -0.2) is 14.2 Å². The summed E-state index contributed by atoms with van der Waals surface area (Å²) >= 11 is 1.24. The molecule has 1 heterocycles. The molecule has 1 atom stereocenters. The van der Waals surface area contributed by atoms with Crippen LogP contribution in [0.4, 0.5) is 17.6 Å². The fourth-order valence-corrected chi connectivity index (χ4v) is 2.96. The van der Waals surface area contributed by atoms with Gasteiger partial charge in [-0.3, -0.25) is 4.79 Å². The molecule has 5 nitrogen and oxygen atoms in total. The first-order valence-corrected chi connectivity index (χ1v) is 8.27. The molecule has 2 rings (SSSR count). The topological polar surface area (TPSA) is 79.3 Å². The molecular weight excluding hydrogens is 376 g/mol. The Morgan fingerprint density at radius 3 is 2.46 bits per heavy atom. The lowest BCUT2D eigenvalue weighted by molar-refractivity contribution is -0.159. The molecule has 0 spiro atoms. The maximum atomic E-state index is 12.9. The number of hydrogen-bond donors (Lipinski definition) is 2. The van der Waals surface area contributed by atoms with Crippen LogP contribution in [0.15, 0.2) is 29.6 Å². The number of amides is 1. The lowest BCUT2D eigenvalue weighted by Crippen LogP contribution is -2.44. The lowest BCUT2D eigenvalue weighted by atomic mass is 10.1. The van der Waals surface area contributed by atoms with Gasteiger partial charge in [0.2, 0.25) is 5.91 Å². The maximum Gasteiger partial charge on any atom is 0.391 e. The van der Waals surface area contributed by atoms with Crippen molar-refractivity contribution in [3.63, 3.8) is 0 Å². The van der Waals surface area contributed by atoms with Gasteiger partial charge in [-0.2, -0.15) is 13.2 Å². The molecule has 0 saturated heterocycles. The van der Waals surface area contributed by atoms with Crippen LogP contribution in [0.25, 0.3) is 0 Å². The quantitative estimate of drug-likeness (QED) is 0.713. The summed E-state index contributed by atoms with van der Waals surface area (Å²) in [5.41, 5.74) is 1.13. The van der Waals surface area contributed by atoms with Crippen molar-refractivity contribution in [3.8, 4) is 0 Å². The third-order valence-electron chi connectivity index (χ3n) is 3.28. The maximum absolute atomic E-state index is 12.9. The number of benzene rings is 1. The van der Waals surface area contributed by atoms with Crippen molar-refractivity contribution in [2.24, 2.45) is 0 Å². The van der Waals surface area contributed by atoms with Gasteiger partial charge in [-0.15, -0.1) is 11.3 Å². The van der Waals surface area contributed by atoms with E-state index in [2.05, 4.69) is 4.98 Å². The minimum Gasteiger partial charge on any atom is -0.480 e. The molecule has 0 aliphatic rings. The fraction of sp³-hybridized carbons (Fsp3) is 0.312. The van der Waals surface area contributed by atoms with Crippen LogP contribution in [-0.2, 0) is 22.4 Å². The Bertz CT molecular complexity index is 775. The Hall–Kier alpha value is -2.49. The van der Waals surface area contributed by atoms with Crippen molar-refractivity contribution in [2.75, 3.05) is 0 Å². The number of carboxylic acid groups (broad SMARTS) is 1. The summed E-state index contributed by atoms with van der Waals surface area (Å²) in [6, 6.07) is 3.77. The van der Waals surface area contributed by atoms with E-state index in [1.54, 1.807) is 17.5 Å². The van der Waals surface area contributed by atoms with Gasteiger partial charge < -0.3 is 10.4 Å². The number of nitrogens with zero attached hydrogens (tertiary/aromatic N) is 1. The van der Waals surface area contributed by atoms with Gasteiger partial charge in [0.05, 0.1) is 23.5 Å². The van der Waals surface area contributed by atoms with E-state index in [0.29, 0.717) is 17.1 Å². The average molecular weight is 390 g/mol. The highest BCUT2D eigenvalue weighted by atomic mass is 32.1. The zero-order valence-corrected chi connectivity index (χ0v) is 14.0. The van der Waals surface area contributed by atoms with Gasteiger partial charge in [0.1, 0.15) is 11.9 Å². The Labute approximate surface area is 149 Å². The molecule has 0 aliphatic heterocycles. The van der Waals surface area contributed by atoms with Crippen LogP contribution in [0, 0.1) is 5.82 Å². The largest absolute Gasteiger partial charge is 0.480 e. The van der Waals surface area contributed by atoms with E-state index >= 15 is 0 Å². The number of carboxylic acids is 1. The van der Waals surface area contributed by atoms with Crippen molar-refractivity contribution in [3.05, 3.63) is 51.7 Å². The molecule has 26 heavy (non-hydrogen) atoms. The molecule has 0 radical (unpaired) electrons. The molecule has 1 aromatic heterocycles. The number of thiazole rings is 1. The highest BCUT2D eigenvalue weighted by Crippen LogP contribution is 2.22. The van der Waals surface area contributed by atoms with Crippen molar-refractivity contribution in [1.82, 2.24) is 10.3 Å². The summed E-state index contributed by atoms with van der Waals surface area (Å²) < 4.78 is 49.9. The third kappa shape index (κ3) is 6.43. The van der Waals surface area contributed by atoms with Crippen molar-refractivity contribution < 1.29 is 32.3 Å². The second-order valence-corrected chi connectivity index (χ2v) is 6.43. The first-order chi connectivity index (χ1) is 12.1. The average Bonchev–Trinajstić information content (AvgIpc) is 2.94. The monoisotopic (exact) mass is 390 g/mol. The number of aliphatic carboxylic acids is 1. The van der Waals surface area contributed by atoms with Gasteiger partial charge in [0.25, 0.3) is 0 Å². The minimum atomic E-state index is -4.71. The molecule has 140 valence electrons. The van der Waals surface area contributed by atoms with E-state index in [1.165, 1.54) is 23.5 Å². The number of alkyl halides is 3. The Balaban J connectivity index is 1.93. The predicted molar refractivity (Wildman–Crippen MR) is 85.3 cm³/mol. The zero-order chi connectivity index (χ0) is 19.3. The summed E-state index contributed by atoms with van der Waals surface area (Å²) in [5.74, 6) is -2.98. The number of carbonyl (C=O) groups is 2. The first-order valence-electron chi connectivity index (χ1n) is 7.39. The van der Waals surface area contributed by atoms with Crippen molar-refractivity contribution in [1.29, 1.82) is 0 Å². The van der Waals surface area contributed by atoms with Gasteiger partial charge in [0.15, 0.2) is 0 Å². The molecule has 2 N–H and O–H groups in total. The van der Waals surface area contributed by atoms with E-state index in [9.17, 15) is 27.2 Å². The molecule has 0 bridgehead atoms. The number of nitrogens with one attached hydrogen (secondary N) is 1. The first kappa shape index (κ1) is 19.8. The highest BCUT2D eigenvalue weighted by Gasteiger charge is 2.36. The molecule has 1 aromatic carbocycles. The van der Waals surface area contributed by atoms with E-state index < -0.39 is 30.5 Å². The van der Waals surface area contributed by atoms with Crippen LogP contribution < -0.4 is 5.32 Å². The number of hydrogen-bond acceptors (Lipinski definition) is 4. The summed E-state index contributed by atoms with van der Waals surface area (Å²) in [6.45, 7) is 0. The molecule has 0 fully saturated rings. The third-order valence-corrected chi connectivity index (χ3v) is 4.18. The van der Waals surface area contributed by atoms with Crippen LogP contribution >= 0.6 is 11.3 Å². The smallest absolute Gasteiger partial charge is 0.391 e. The van der Waals surface area contributed by atoms with Gasteiger partial charge in [-0.05, 0) is 17.7 Å². The SMILES string of the molecule is O=C(Cc1csc(Cc2ccc(F)cc2)n1)NC(CC(F)(F)F)C(=O)O. The van der Waals surface area contributed by atoms with Gasteiger partial charge in [-0.1, -0.05) is 12.1 Å². The van der Waals surface area contributed by atoms with E-state index in [-0.39, 0.29) is 12.2 Å². The number of rotatable bonds is 7. The molecular formula is C16H14F4N2O3S. The second-order valence-electron chi connectivity index (χ2n) is 5.49. The Morgan fingerprint density at radius 2 is 1.88 bits per heavy atom. The van der Waals surface area contributed by atoms with Gasteiger partial charge >= 0.3 is 12.1 Å². The molecule has 2 aromatic rings. The second kappa shape index (κ2) is 8.26. The van der Waals surface area contributed by atoms with Crippen LogP contribution in [0.2, 0.25) is 0 Å². The Morgan fingerprint density at radius 1 is 1.23 bits per heavy atom. The van der Waals surface area contributed by atoms with Crippen molar-refractivity contribution in [2.45, 2.75) is 31.5 Å². The molecule has 1 unspecified atom stereocenters. The van der Waals surface area contributed by atoms with Crippen LogP contribution in [-0.4, -0.2) is 34.2 Å². The summed E-state index contributed by atoms with van der Waals surface area (Å²) in [5, 5.41) is 12.8. The number of halogens is 4. The Kier molecular flexibility index (Phi) is 6.30. The highest BCUT2D eigenvalue weighted by molar-refractivity contribution is 7.09. The lowest BCUT2D eigenvalue weighted by Gasteiger charge is -2.15. The van der Waals surface area contributed by atoms with E-state index in [1.807, 2.05) is 5.32 Å². The van der Waals surface area contributed by atoms with Crippen molar-refractivity contribution >= 4 is 23.2 Å². The zero-order valence-electron chi connectivity index (χ0n) is 13.2. The van der Waals surface area contributed by atoms with E-state index in [0.717, 1.165) is 5.56 Å². The van der Waals surface area contributed by atoms with Crippen LogP contribution in [0.3, 0.4) is 0 Å². The fourth-order valence-electron chi connectivity index (χ4n) is 2.13. The number of aromatic nitrogens is 1. The minimum absolute atomic E-state index is 0.320.